The van der Waals surface area contributed by atoms with Gasteiger partial charge in [0.05, 0.1) is 25.9 Å². The second-order valence-electron chi connectivity index (χ2n) is 6.65. The molecule has 0 bridgehead atoms. The Hall–Kier alpha value is -0.160. The number of aliphatic hydroxyl groups is 1. The Kier molecular flexibility index (Phi) is 6.75. The van der Waals surface area contributed by atoms with Gasteiger partial charge < -0.3 is 15.2 Å². The number of nitrogens with one attached hydrogen (secondary N) is 1. The lowest BCUT2D eigenvalue weighted by molar-refractivity contribution is -0.0389. The third kappa shape index (κ3) is 4.42. The van der Waals surface area contributed by atoms with Gasteiger partial charge in [0.2, 0.25) is 0 Å². The Bertz CT molecular complexity index is 273. The fraction of sp³-hybridized carbons (Fsp3) is 1.00. The fourth-order valence-electron chi connectivity index (χ4n) is 3.70. The molecule has 1 aliphatic heterocycles. The van der Waals surface area contributed by atoms with Crippen LogP contribution >= 0.6 is 0 Å². The number of hydrogen-bond donors (Lipinski definition) is 2. The highest BCUT2D eigenvalue weighted by Crippen LogP contribution is 2.30. The molecule has 0 radical (unpaired) electrons. The second-order valence-corrected chi connectivity index (χ2v) is 6.65. The van der Waals surface area contributed by atoms with E-state index < -0.39 is 0 Å². The van der Waals surface area contributed by atoms with Crippen LogP contribution in [0.2, 0.25) is 0 Å². The molecule has 2 rings (SSSR count). The predicted molar refractivity (Wildman–Crippen MR) is 81.9 cm³/mol. The van der Waals surface area contributed by atoms with Gasteiger partial charge in [0.1, 0.15) is 0 Å². The summed E-state index contributed by atoms with van der Waals surface area (Å²) < 4.78 is 5.49. The monoisotopic (exact) mass is 284 g/mol. The van der Waals surface area contributed by atoms with Crippen LogP contribution in [0.3, 0.4) is 0 Å². The molecule has 20 heavy (non-hydrogen) atoms. The summed E-state index contributed by atoms with van der Waals surface area (Å²) in [4.78, 5) is 2.45. The van der Waals surface area contributed by atoms with Crippen molar-refractivity contribution < 1.29 is 9.84 Å². The topological polar surface area (TPSA) is 44.7 Å². The molecule has 0 aromatic rings. The molecule has 0 spiro atoms. The number of hydrogen-bond acceptors (Lipinski definition) is 4. The highest BCUT2D eigenvalue weighted by Gasteiger charge is 2.32. The van der Waals surface area contributed by atoms with E-state index in [0.717, 1.165) is 38.1 Å². The third-order valence-corrected chi connectivity index (χ3v) is 4.93. The summed E-state index contributed by atoms with van der Waals surface area (Å²) in [5, 5.41) is 13.3. The van der Waals surface area contributed by atoms with Crippen LogP contribution in [-0.2, 0) is 4.74 Å². The van der Waals surface area contributed by atoms with Crippen molar-refractivity contribution >= 4 is 0 Å². The van der Waals surface area contributed by atoms with Crippen LogP contribution in [0.5, 0.6) is 0 Å². The van der Waals surface area contributed by atoms with Crippen molar-refractivity contribution in [2.75, 3.05) is 39.5 Å². The van der Waals surface area contributed by atoms with Gasteiger partial charge in [0, 0.05) is 19.1 Å². The minimum Gasteiger partial charge on any atom is -0.395 e. The van der Waals surface area contributed by atoms with Crippen molar-refractivity contribution in [2.45, 2.75) is 51.6 Å². The SMILES string of the molecule is CCCNC1CCC(C)CC1CN1CCOCC1CO. The summed E-state index contributed by atoms with van der Waals surface area (Å²) in [5.41, 5.74) is 0. The maximum atomic E-state index is 9.51. The standard InChI is InChI=1S/C16H32N2O2/c1-3-6-17-16-5-4-13(2)9-14(16)10-18-7-8-20-12-15(18)11-19/h13-17,19H,3-12H2,1-2H3. The molecule has 2 aliphatic rings. The van der Waals surface area contributed by atoms with Gasteiger partial charge in [-0.25, -0.2) is 0 Å². The summed E-state index contributed by atoms with van der Waals surface area (Å²) in [6.45, 7) is 9.54. The van der Waals surface area contributed by atoms with Crippen molar-refractivity contribution in [3.8, 4) is 0 Å². The average Bonchev–Trinajstić information content (AvgIpc) is 2.47. The quantitative estimate of drug-likeness (QED) is 0.775. The Morgan fingerprint density at radius 1 is 1.35 bits per heavy atom. The third-order valence-electron chi connectivity index (χ3n) is 4.93. The largest absolute Gasteiger partial charge is 0.395 e. The van der Waals surface area contributed by atoms with Crippen LogP contribution in [0.15, 0.2) is 0 Å². The molecule has 2 N–H and O–H groups in total. The fourth-order valence-corrected chi connectivity index (χ4v) is 3.70. The first-order chi connectivity index (χ1) is 9.74. The summed E-state index contributed by atoms with van der Waals surface area (Å²) in [6.07, 6.45) is 5.18. The Morgan fingerprint density at radius 2 is 2.20 bits per heavy atom. The van der Waals surface area contributed by atoms with Crippen LogP contribution < -0.4 is 5.32 Å². The van der Waals surface area contributed by atoms with Crippen LogP contribution in [0.1, 0.15) is 39.5 Å². The molecule has 4 unspecified atom stereocenters. The summed E-state index contributed by atoms with van der Waals surface area (Å²) in [6, 6.07) is 0.862. The molecule has 118 valence electrons. The number of rotatable bonds is 6. The minimum atomic E-state index is 0.202. The molecular formula is C16H32N2O2. The van der Waals surface area contributed by atoms with E-state index in [1.807, 2.05) is 0 Å². The average molecular weight is 284 g/mol. The van der Waals surface area contributed by atoms with E-state index >= 15 is 0 Å². The molecule has 1 saturated carbocycles. The maximum Gasteiger partial charge on any atom is 0.0644 e. The predicted octanol–water partition coefficient (Wildman–Crippen LogP) is 1.48. The van der Waals surface area contributed by atoms with Crippen LogP contribution in [0.25, 0.3) is 0 Å². The Balaban J connectivity index is 1.91. The number of nitrogens with zero attached hydrogens (tertiary/aromatic N) is 1. The minimum absolute atomic E-state index is 0.202. The summed E-state index contributed by atoms with van der Waals surface area (Å²) in [5.74, 6) is 1.56. The van der Waals surface area contributed by atoms with Gasteiger partial charge >= 0.3 is 0 Å². The molecular weight excluding hydrogens is 252 g/mol. The Labute approximate surface area is 123 Å². The summed E-state index contributed by atoms with van der Waals surface area (Å²) >= 11 is 0. The number of ether oxygens (including phenoxy) is 1. The molecule has 0 aromatic heterocycles. The lowest BCUT2D eigenvalue weighted by Crippen LogP contribution is -2.53. The zero-order valence-electron chi connectivity index (χ0n) is 13.2. The molecule has 4 heteroatoms. The molecule has 1 aliphatic carbocycles. The van der Waals surface area contributed by atoms with E-state index in [1.54, 1.807) is 0 Å². The van der Waals surface area contributed by atoms with Crippen molar-refractivity contribution in [1.82, 2.24) is 10.2 Å². The van der Waals surface area contributed by atoms with Crippen LogP contribution in [0, 0.1) is 11.8 Å². The molecule has 2 fully saturated rings. The van der Waals surface area contributed by atoms with E-state index in [2.05, 4.69) is 24.1 Å². The van der Waals surface area contributed by atoms with Gasteiger partial charge in [-0.3, -0.25) is 4.90 Å². The molecule has 0 amide bonds. The van der Waals surface area contributed by atoms with E-state index in [1.165, 1.54) is 25.7 Å². The Morgan fingerprint density at radius 3 is 2.95 bits per heavy atom. The van der Waals surface area contributed by atoms with Gasteiger partial charge in [-0.05, 0) is 44.1 Å². The molecule has 4 atom stereocenters. The van der Waals surface area contributed by atoms with Gasteiger partial charge in [0.25, 0.3) is 0 Å². The smallest absolute Gasteiger partial charge is 0.0644 e. The lowest BCUT2D eigenvalue weighted by atomic mass is 9.78. The first-order valence-corrected chi connectivity index (χ1v) is 8.40. The van der Waals surface area contributed by atoms with E-state index in [4.69, 9.17) is 4.74 Å². The zero-order valence-corrected chi connectivity index (χ0v) is 13.2. The summed E-state index contributed by atoms with van der Waals surface area (Å²) in [7, 11) is 0. The van der Waals surface area contributed by atoms with Crippen LogP contribution in [0.4, 0.5) is 0 Å². The molecule has 1 saturated heterocycles. The highest BCUT2D eigenvalue weighted by molar-refractivity contribution is 4.87. The first-order valence-electron chi connectivity index (χ1n) is 8.40. The van der Waals surface area contributed by atoms with Crippen molar-refractivity contribution in [3.05, 3.63) is 0 Å². The molecule has 4 nitrogen and oxygen atoms in total. The number of aliphatic hydroxyl groups excluding tert-OH is 1. The first kappa shape index (κ1) is 16.2. The van der Waals surface area contributed by atoms with Crippen molar-refractivity contribution in [2.24, 2.45) is 11.8 Å². The van der Waals surface area contributed by atoms with Gasteiger partial charge in [-0.1, -0.05) is 13.8 Å². The van der Waals surface area contributed by atoms with E-state index in [9.17, 15) is 5.11 Å². The maximum absolute atomic E-state index is 9.51. The van der Waals surface area contributed by atoms with Gasteiger partial charge in [-0.2, -0.15) is 0 Å². The van der Waals surface area contributed by atoms with Crippen molar-refractivity contribution in [1.29, 1.82) is 0 Å². The molecule has 0 aromatic carbocycles. The molecule has 1 heterocycles. The second kappa shape index (κ2) is 8.32. The number of morpholine rings is 1. The highest BCUT2D eigenvalue weighted by atomic mass is 16.5. The normalized spacial score (nSPS) is 36.1. The lowest BCUT2D eigenvalue weighted by Gasteiger charge is -2.42. The zero-order chi connectivity index (χ0) is 14.4. The van der Waals surface area contributed by atoms with Gasteiger partial charge in [0.15, 0.2) is 0 Å². The van der Waals surface area contributed by atoms with Gasteiger partial charge in [-0.15, -0.1) is 0 Å². The van der Waals surface area contributed by atoms with E-state index in [-0.39, 0.29) is 12.6 Å². The van der Waals surface area contributed by atoms with Crippen LogP contribution in [-0.4, -0.2) is 61.5 Å². The van der Waals surface area contributed by atoms with E-state index in [0.29, 0.717) is 12.6 Å². The van der Waals surface area contributed by atoms with Crippen molar-refractivity contribution in [3.63, 3.8) is 0 Å².